The number of benzene rings is 2. The van der Waals surface area contributed by atoms with E-state index < -0.39 is 12.0 Å². The number of nitrogens with one attached hydrogen (secondary N) is 1. The Kier molecular flexibility index (Phi) is 9.42. The van der Waals surface area contributed by atoms with Gasteiger partial charge in [-0.1, -0.05) is 42.5 Å². The number of hydrogen-bond donors (Lipinski definition) is 2. The number of carbonyl (C=O) groups is 1. The zero-order valence-corrected chi connectivity index (χ0v) is 15.9. The molecule has 0 aromatic heterocycles. The highest BCUT2D eigenvalue weighted by molar-refractivity contribution is 5.80. The summed E-state index contributed by atoms with van der Waals surface area (Å²) in [4.78, 5) is 11.9. The molecule has 148 valence electrons. The molecule has 1 amide bonds. The topological polar surface area (TPSA) is 77.0 Å². The van der Waals surface area contributed by atoms with Crippen LogP contribution in [0.15, 0.2) is 54.6 Å². The first kappa shape index (κ1) is 21.3. The van der Waals surface area contributed by atoms with E-state index in [1.54, 1.807) is 0 Å². The molecule has 0 bridgehead atoms. The van der Waals surface area contributed by atoms with Gasteiger partial charge in [-0.15, -0.1) is 0 Å². The van der Waals surface area contributed by atoms with Crippen molar-refractivity contribution in [1.29, 1.82) is 0 Å². The maximum Gasteiger partial charge on any atom is 0.251 e. The minimum atomic E-state index is -1.19. The summed E-state index contributed by atoms with van der Waals surface area (Å²) in [5, 5.41) is 12.6. The normalized spacial score (nSPS) is 11.1. The van der Waals surface area contributed by atoms with Gasteiger partial charge < -0.3 is 24.6 Å². The van der Waals surface area contributed by atoms with Gasteiger partial charge in [0, 0.05) is 6.54 Å². The van der Waals surface area contributed by atoms with Crippen LogP contribution in [-0.2, 0) is 27.3 Å². The van der Waals surface area contributed by atoms with Gasteiger partial charge in [-0.2, -0.15) is 0 Å². The van der Waals surface area contributed by atoms with Crippen molar-refractivity contribution in [3.05, 3.63) is 65.7 Å². The van der Waals surface area contributed by atoms with Crippen LogP contribution in [0.25, 0.3) is 0 Å². The summed E-state index contributed by atoms with van der Waals surface area (Å²) >= 11 is 0. The second-order valence-electron chi connectivity index (χ2n) is 5.97. The van der Waals surface area contributed by atoms with Gasteiger partial charge in [-0.05, 0) is 35.6 Å². The lowest BCUT2D eigenvalue weighted by Crippen LogP contribution is -2.38. The van der Waals surface area contributed by atoms with E-state index in [-0.39, 0.29) is 13.2 Å². The van der Waals surface area contributed by atoms with Crippen molar-refractivity contribution in [2.24, 2.45) is 0 Å². The average molecular weight is 383 g/mol. The lowest BCUT2D eigenvalue weighted by atomic mass is 10.1. The molecule has 2 rings (SSSR count). The lowest BCUT2D eigenvalue weighted by Gasteiger charge is -2.12. The highest BCUT2D eigenvalue weighted by Gasteiger charge is 2.14. The number of amides is 1. The largest absolute Gasteiger partial charge is 0.481 e. The van der Waals surface area contributed by atoms with E-state index in [1.807, 2.05) is 54.6 Å². The molecule has 0 aliphatic carbocycles. The molecule has 2 N–H and O–H groups in total. The predicted molar refractivity (Wildman–Crippen MR) is 106 cm³/mol. The molecule has 0 spiro atoms. The zero-order valence-electron chi connectivity index (χ0n) is 15.9. The standard InChI is InChI=1S/C22H25NO5/c1-26-14-5-15-28-20-10-8-18(9-11-20)12-13-23-22(25)21(24)17-27-16-19-6-3-2-4-7-19/h2-4,6-11,21,24H,12-13,15-17H2,1H3,(H,23,25). The first-order valence-electron chi connectivity index (χ1n) is 8.99. The molecule has 0 heterocycles. The Bertz CT molecular complexity index is 765. The van der Waals surface area contributed by atoms with Crippen molar-refractivity contribution in [2.75, 3.05) is 26.9 Å². The smallest absolute Gasteiger partial charge is 0.251 e. The van der Waals surface area contributed by atoms with E-state index in [0.717, 1.165) is 11.1 Å². The van der Waals surface area contributed by atoms with Crippen molar-refractivity contribution in [3.8, 4) is 17.8 Å². The molecule has 6 heteroatoms. The molecule has 0 saturated heterocycles. The van der Waals surface area contributed by atoms with Crippen LogP contribution >= 0.6 is 0 Å². The van der Waals surface area contributed by atoms with Gasteiger partial charge in [0.1, 0.15) is 11.9 Å². The zero-order chi connectivity index (χ0) is 20.0. The molecule has 0 saturated carbocycles. The molecule has 0 radical (unpaired) electrons. The molecule has 2 aromatic carbocycles. The quantitative estimate of drug-likeness (QED) is 0.613. The van der Waals surface area contributed by atoms with E-state index in [2.05, 4.69) is 22.1 Å². The first-order valence-corrected chi connectivity index (χ1v) is 8.99. The van der Waals surface area contributed by atoms with E-state index in [9.17, 15) is 9.90 Å². The predicted octanol–water partition coefficient (Wildman–Crippen LogP) is 1.91. The number of aliphatic hydroxyl groups is 1. The van der Waals surface area contributed by atoms with Gasteiger partial charge in [0.05, 0.1) is 20.3 Å². The summed E-state index contributed by atoms with van der Waals surface area (Å²) < 4.78 is 15.4. The monoisotopic (exact) mass is 383 g/mol. The molecular weight excluding hydrogens is 358 g/mol. The number of rotatable bonds is 10. The van der Waals surface area contributed by atoms with Gasteiger partial charge in [-0.3, -0.25) is 4.79 Å². The van der Waals surface area contributed by atoms with Crippen molar-refractivity contribution < 1.29 is 24.1 Å². The number of carbonyl (C=O) groups excluding carboxylic acids is 1. The summed E-state index contributed by atoms with van der Waals surface area (Å²) in [6.07, 6.45) is 1.91. The van der Waals surface area contributed by atoms with E-state index >= 15 is 0 Å². The van der Waals surface area contributed by atoms with Crippen LogP contribution in [0.3, 0.4) is 0 Å². The summed E-state index contributed by atoms with van der Waals surface area (Å²) in [5.74, 6) is 2.98. The Morgan fingerprint density at radius 2 is 1.86 bits per heavy atom. The Morgan fingerprint density at radius 1 is 1.11 bits per heavy atom. The molecular formula is C22H25NO5. The SMILES string of the molecule is COC#CCOc1ccc(CCNC(=O)C(O)COCc2ccccc2)cc1. The summed E-state index contributed by atoms with van der Waals surface area (Å²) in [6, 6.07) is 17.1. The molecule has 2 aromatic rings. The summed E-state index contributed by atoms with van der Waals surface area (Å²) in [5.41, 5.74) is 2.04. The van der Waals surface area contributed by atoms with Crippen LogP contribution in [-0.4, -0.2) is 44.0 Å². The number of aliphatic hydroxyl groups excluding tert-OH is 1. The van der Waals surface area contributed by atoms with Crippen molar-refractivity contribution in [2.45, 2.75) is 19.1 Å². The van der Waals surface area contributed by atoms with Crippen molar-refractivity contribution >= 4 is 5.91 Å². The van der Waals surface area contributed by atoms with Gasteiger partial charge in [0.15, 0.2) is 12.7 Å². The second-order valence-corrected chi connectivity index (χ2v) is 5.97. The van der Waals surface area contributed by atoms with Gasteiger partial charge in [0.2, 0.25) is 0 Å². The minimum absolute atomic E-state index is 0.0429. The number of ether oxygens (including phenoxy) is 3. The van der Waals surface area contributed by atoms with Crippen molar-refractivity contribution in [3.63, 3.8) is 0 Å². The fourth-order valence-corrected chi connectivity index (χ4v) is 2.36. The average Bonchev–Trinajstić information content (AvgIpc) is 2.73. The van der Waals surface area contributed by atoms with Gasteiger partial charge >= 0.3 is 0 Å². The highest BCUT2D eigenvalue weighted by Crippen LogP contribution is 2.12. The van der Waals surface area contributed by atoms with Crippen LogP contribution < -0.4 is 10.1 Å². The third-order valence-electron chi connectivity index (χ3n) is 3.81. The minimum Gasteiger partial charge on any atom is -0.481 e. The Labute approximate surface area is 165 Å². The van der Waals surface area contributed by atoms with Crippen molar-refractivity contribution in [1.82, 2.24) is 5.32 Å². The molecule has 28 heavy (non-hydrogen) atoms. The third kappa shape index (κ3) is 8.12. The van der Waals surface area contributed by atoms with E-state index in [1.165, 1.54) is 7.11 Å². The lowest BCUT2D eigenvalue weighted by molar-refractivity contribution is -0.132. The van der Waals surface area contributed by atoms with Crippen LogP contribution in [0.2, 0.25) is 0 Å². The van der Waals surface area contributed by atoms with Crippen LogP contribution in [0.5, 0.6) is 5.75 Å². The first-order chi connectivity index (χ1) is 13.7. The maximum atomic E-state index is 11.9. The van der Waals surface area contributed by atoms with E-state index in [4.69, 9.17) is 9.47 Å². The fraction of sp³-hybridized carbons (Fsp3) is 0.318. The number of methoxy groups -OCH3 is 1. The molecule has 0 fully saturated rings. The Balaban J connectivity index is 1.62. The molecule has 0 aliphatic heterocycles. The Hall–Kier alpha value is -3.01. The third-order valence-corrected chi connectivity index (χ3v) is 3.81. The van der Waals surface area contributed by atoms with Crippen LogP contribution in [0, 0.1) is 12.0 Å². The molecule has 6 nitrogen and oxygen atoms in total. The van der Waals surface area contributed by atoms with Crippen LogP contribution in [0.4, 0.5) is 0 Å². The molecule has 1 atom stereocenters. The molecule has 1 unspecified atom stereocenters. The van der Waals surface area contributed by atoms with Gasteiger partial charge in [-0.25, -0.2) is 0 Å². The highest BCUT2D eigenvalue weighted by atomic mass is 16.5. The van der Waals surface area contributed by atoms with E-state index in [0.29, 0.717) is 25.3 Å². The maximum absolute atomic E-state index is 11.9. The summed E-state index contributed by atoms with van der Waals surface area (Å²) in [7, 11) is 1.50. The second kappa shape index (κ2) is 12.4. The fourth-order valence-electron chi connectivity index (χ4n) is 2.36. The van der Waals surface area contributed by atoms with Gasteiger partial charge in [0.25, 0.3) is 5.91 Å². The Morgan fingerprint density at radius 3 is 2.57 bits per heavy atom. The molecule has 0 aliphatic rings. The van der Waals surface area contributed by atoms with Crippen LogP contribution in [0.1, 0.15) is 11.1 Å². The number of hydrogen-bond acceptors (Lipinski definition) is 5. The summed E-state index contributed by atoms with van der Waals surface area (Å²) in [6.45, 7) is 0.997.